The van der Waals surface area contributed by atoms with Crippen molar-refractivity contribution in [2.75, 3.05) is 19.0 Å². The molecule has 7 heteroatoms. The first-order chi connectivity index (χ1) is 10.6. The van der Waals surface area contributed by atoms with E-state index in [1.165, 1.54) is 0 Å². The minimum Gasteiger partial charge on any atom is -0.362 e. The van der Waals surface area contributed by atoms with Crippen LogP contribution in [0.25, 0.3) is 0 Å². The van der Waals surface area contributed by atoms with E-state index in [4.69, 9.17) is 5.73 Å². The van der Waals surface area contributed by atoms with Crippen LogP contribution in [0.2, 0.25) is 0 Å². The Balaban J connectivity index is 0.00000264. The molecule has 2 aromatic rings. The maximum Gasteiger partial charge on any atom is 0.222 e. The Hall–Kier alpha value is -1.82. The van der Waals surface area contributed by atoms with Crippen molar-refractivity contribution < 1.29 is 4.79 Å². The fourth-order valence-corrected chi connectivity index (χ4v) is 2.25. The molecule has 1 aromatic carbocycles. The molecule has 1 unspecified atom stereocenters. The molecular formula is C17H24Cl2N4O. The molecule has 0 aliphatic rings. The number of carbonyl (C=O) groups excluding carboxylic acids is 1. The zero-order valence-electron chi connectivity index (χ0n) is 13.8. The van der Waals surface area contributed by atoms with E-state index >= 15 is 0 Å². The summed E-state index contributed by atoms with van der Waals surface area (Å²) < 4.78 is 0. The van der Waals surface area contributed by atoms with Gasteiger partial charge in [-0.25, -0.2) is 4.98 Å². The van der Waals surface area contributed by atoms with Crippen molar-refractivity contribution in [1.29, 1.82) is 0 Å². The normalized spacial score (nSPS) is 10.8. The van der Waals surface area contributed by atoms with Crippen LogP contribution in [-0.4, -0.2) is 25.0 Å². The van der Waals surface area contributed by atoms with Gasteiger partial charge in [0.1, 0.15) is 5.82 Å². The molecule has 24 heavy (non-hydrogen) atoms. The van der Waals surface area contributed by atoms with Gasteiger partial charge < -0.3 is 16.0 Å². The molecule has 0 fully saturated rings. The second-order valence-corrected chi connectivity index (χ2v) is 5.38. The Morgan fingerprint density at radius 1 is 1.17 bits per heavy atom. The number of rotatable bonds is 6. The molecule has 0 saturated heterocycles. The van der Waals surface area contributed by atoms with Gasteiger partial charge >= 0.3 is 0 Å². The van der Waals surface area contributed by atoms with E-state index in [0.29, 0.717) is 6.54 Å². The van der Waals surface area contributed by atoms with Crippen LogP contribution in [0.15, 0.2) is 48.7 Å². The largest absolute Gasteiger partial charge is 0.362 e. The van der Waals surface area contributed by atoms with Crippen molar-refractivity contribution in [3.63, 3.8) is 0 Å². The SMILES string of the molecule is CN(C)c1ncccc1CNC(=O)CC(N)c1ccccc1.Cl.Cl. The van der Waals surface area contributed by atoms with Gasteiger partial charge in [0.2, 0.25) is 5.91 Å². The Morgan fingerprint density at radius 3 is 2.46 bits per heavy atom. The number of nitrogens with two attached hydrogens (primary N) is 1. The maximum atomic E-state index is 12.1. The number of nitrogens with zero attached hydrogens (tertiary/aromatic N) is 2. The van der Waals surface area contributed by atoms with Gasteiger partial charge in [0.15, 0.2) is 0 Å². The highest BCUT2D eigenvalue weighted by Crippen LogP contribution is 2.15. The van der Waals surface area contributed by atoms with Crippen LogP contribution in [0.3, 0.4) is 0 Å². The number of benzene rings is 1. The molecule has 2 rings (SSSR count). The van der Waals surface area contributed by atoms with Gasteiger partial charge in [0.25, 0.3) is 0 Å². The summed E-state index contributed by atoms with van der Waals surface area (Å²) in [5.74, 6) is 0.792. The molecule has 0 aliphatic heterocycles. The first kappa shape index (κ1) is 22.2. The van der Waals surface area contributed by atoms with Gasteiger partial charge in [-0.3, -0.25) is 4.79 Å². The van der Waals surface area contributed by atoms with E-state index in [2.05, 4.69) is 10.3 Å². The number of carbonyl (C=O) groups is 1. The van der Waals surface area contributed by atoms with E-state index in [9.17, 15) is 4.79 Å². The molecule has 0 bridgehead atoms. The van der Waals surface area contributed by atoms with E-state index in [-0.39, 0.29) is 43.2 Å². The highest BCUT2D eigenvalue weighted by atomic mass is 35.5. The predicted octanol–water partition coefficient (Wildman–Crippen LogP) is 2.70. The third kappa shape index (κ3) is 6.35. The minimum atomic E-state index is -0.289. The van der Waals surface area contributed by atoms with Crippen LogP contribution < -0.4 is 16.0 Å². The van der Waals surface area contributed by atoms with Gasteiger partial charge in [-0.15, -0.1) is 24.8 Å². The van der Waals surface area contributed by atoms with Crippen LogP contribution in [0.5, 0.6) is 0 Å². The number of aromatic nitrogens is 1. The summed E-state index contributed by atoms with van der Waals surface area (Å²) in [6.07, 6.45) is 2.01. The molecule has 0 aliphatic carbocycles. The molecule has 1 amide bonds. The van der Waals surface area contributed by atoms with Crippen molar-refractivity contribution >= 4 is 36.5 Å². The zero-order valence-corrected chi connectivity index (χ0v) is 15.4. The van der Waals surface area contributed by atoms with Gasteiger partial charge in [-0.05, 0) is 11.6 Å². The van der Waals surface area contributed by atoms with E-state index < -0.39 is 0 Å². The van der Waals surface area contributed by atoms with E-state index in [0.717, 1.165) is 16.9 Å². The molecule has 1 aromatic heterocycles. The summed E-state index contributed by atoms with van der Waals surface area (Å²) in [5.41, 5.74) is 8.01. The van der Waals surface area contributed by atoms with Crippen LogP contribution in [0.1, 0.15) is 23.6 Å². The van der Waals surface area contributed by atoms with Gasteiger partial charge in [-0.2, -0.15) is 0 Å². The van der Waals surface area contributed by atoms with E-state index in [1.54, 1.807) is 6.20 Å². The highest BCUT2D eigenvalue weighted by Gasteiger charge is 2.12. The highest BCUT2D eigenvalue weighted by molar-refractivity contribution is 5.85. The number of hydrogen-bond donors (Lipinski definition) is 2. The number of pyridine rings is 1. The van der Waals surface area contributed by atoms with E-state index in [1.807, 2.05) is 61.5 Å². The predicted molar refractivity (Wildman–Crippen MR) is 103 cm³/mol. The monoisotopic (exact) mass is 370 g/mol. The standard InChI is InChI=1S/C17H22N4O.2ClH/c1-21(2)17-14(9-6-10-19-17)12-20-16(22)11-15(18)13-7-4-3-5-8-13;;/h3-10,15H,11-12,18H2,1-2H3,(H,20,22);2*1H. The molecular weight excluding hydrogens is 347 g/mol. The lowest BCUT2D eigenvalue weighted by molar-refractivity contribution is -0.121. The first-order valence-corrected chi connectivity index (χ1v) is 7.26. The number of anilines is 1. The fraction of sp³-hybridized carbons (Fsp3) is 0.294. The van der Waals surface area contributed by atoms with Gasteiger partial charge in [0.05, 0.1) is 0 Å². The molecule has 1 heterocycles. The second kappa shape index (κ2) is 10.9. The van der Waals surface area contributed by atoms with Crippen molar-refractivity contribution in [2.24, 2.45) is 5.73 Å². The number of hydrogen-bond acceptors (Lipinski definition) is 4. The molecule has 0 saturated carbocycles. The lowest BCUT2D eigenvalue weighted by Crippen LogP contribution is -2.28. The molecule has 0 spiro atoms. The van der Waals surface area contributed by atoms with Crippen LogP contribution in [-0.2, 0) is 11.3 Å². The van der Waals surface area contributed by atoms with Crippen molar-refractivity contribution in [2.45, 2.75) is 19.0 Å². The number of nitrogens with one attached hydrogen (secondary N) is 1. The van der Waals surface area contributed by atoms with Crippen LogP contribution in [0.4, 0.5) is 5.82 Å². The van der Waals surface area contributed by atoms with Crippen molar-refractivity contribution in [3.05, 3.63) is 59.8 Å². The average molecular weight is 371 g/mol. The number of amides is 1. The topological polar surface area (TPSA) is 71.2 Å². The second-order valence-electron chi connectivity index (χ2n) is 5.38. The molecule has 0 radical (unpaired) electrons. The summed E-state index contributed by atoms with van der Waals surface area (Å²) in [7, 11) is 3.86. The van der Waals surface area contributed by atoms with Crippen LogP contribution >= 0.6 is 24.8 Å². The van der Waals surface area contributed by atoms with Gasteiger partial charge in [0, 0.05) is 44.9 Å². The van der Waals surface area contributed by atoms with Gasteiger partial charge in [-0.1, -0.05) is 36.4 Å². The molecule has 5 nitrogen and oxygen atoms in total. The number of halogens is 2. The summed E-state index contributed by atoms with van der Waals surface area (Å²) in [4.78, 5) is 18.3. The third-order valence-corrected chi connectivity index (χ3v) is 3.40. The van der Waals surface area contributed by atoms with Crippen LogP contribution in [0, 0.1) is 0 Å². The lowest BCUT2D eigenvalue weighted by atomic mass is 10.0. The average Bonchev–Trinajstić information content (AvgIpc) is 2.54. The quantitative estimate of drug-likeness (QED) is 0.819. The Bertz CT molecular complexity index is 623. The summed E-state index contributed by atoms with van der Waals surface area (Å²) in [5, 5.41) is 2.91. The first-order valence-electron chi connectivity index (χ1n) is 7.26. The zero-order chi connectivity index (χ0) is 15.9. The van der Waals surface area contributed by atoms with Crippen molar-refractivity contribution in [3.8, 4) is 0 Å². The van der Waals surface area contributed by atoms with Crippen molar-refractivity contribution in [1.82, 2.24) is 10.3 Å². The third-order valence-electron chi connectivity index (χ3n) is 3.40. The molecule has 132 valence electrons. The summed E-state index contributed by atoms with van der Waals surface area (Å²) >= 11 is 0. The minimum absolute atomic E-state index is 0. The summed E-state index contributed by atoms with van der Waals surface area (Å²) in [6, 6.07) is 13.2. The Morgan fingerprint density at radius 2 is 1.83 bits per heavy atom. The molecule has 1 atom stereocenters. The lowest BCUT2D eigenvalue weighted by Gasteiger charge is -2.17. The molecule has 3 N–H and O–H groups in total. The Labute approximate surface area is 155 Å². The maximum absolute atomic E-state index is 12.1. The smallest absolute Gasteiger partial charge is 0.222 e. The fourth-order valence-electron chi connectivity index (χ4n) is 2.25. The Kier molecular flexibility index (Phi) is 10.0. The summed E-state index contributed by atoms with van der Waals surface area (Å²) in [6.45, 7) is 0.446.